The molecule has 0 radical (unpaired) electrons. The van der Waals surface area contributed by atoms with Gasteiger partial charge in [0.1, 0.15) is 29.8 Å². The Balaban J connectivity index is 2.23. The monoisotopic (exact) mass is 274 g/mol. The molecule has 2 heterocycles. The number of nitrogens with one attached hydrogen (secondary N) is 3. The van der Waals surface area contributed by atoms with E-state index in [9.17, 15) is 19.8 Å². The summed E-state index contributed by atoms with van der Waals surface area (Å²) in [4.78, 5) is 26.5. The molecule has 0 bridgehead atoms. The second-order valence-corrected chi connectivity index (χ2v) is 4.10. The van der Waals surface area contributed by atoms with Gasteiger partial charge in [0, 0.05) is 0 Å². The average Bonchev–Trinajstić information content (AvgIpc) is 2.63. The van der Waals surface area contributed by atoms with Gasteiger partial charge in [0.05, 0.1) is 6.61 Å². The maximum Gasteiger partial charge on any atom is 0.327 e. The van der Waals surface area contributed by atoms with Crippen LogP contribution in [0.25, 0.3) is 0 Å². The largest absolute Gasteiger partial charge is 0.394 e. The van der Waals surface area contributed by atoms with Gasteiger partial charge in [0.15, 0.2) is 6.23 Å². The van der Waals surface area contributed by atoms with Crippen molar-refractivity contribution in [2.24, 2.45) is 0 Å². The summed E-state index contributed by atoms with van der Waals surface area (Å²) < 4.78 is 5.12. The molecule has 1 aromatic rings. The van der Waals surface area contributed by atoms with Gasteiger partial charge in [-0.05, 0) is 0 Å². The van der Waals surface area contributed by atoms with Crippen LogP contribution in [0.4, 0.5) is 11.5 Å². The highest BCUT2D eigenvalue weighted by atomic mass is 16.6. The first kappa shape index (κ1) is 13.5. The molecule has 4 atom stereocenters. The van der Waals surface area contributed by atoms with Crippen LogP contribution < -0.4 is 22.3 Å². The molecule has 1 unspecified atom stereocenters. The van der Waals surface area contributed by atoms with E-state index in [1.807, 2.05) is 4.98 Å². The molecular formula is C9H14N4O6. The normalized spacial score (nSPS) is 30.5. The standard InChI is InChI=1S/C9H14N4O6/c10-3-6(12-9(18)13-7(3)17)11-8-5(16)4(15)2(1-14)19-8/h2,4-5,8,14-16H,1,10H2,(H3,11,12,13,17,18)/t2-,4-,5-,8?/m1/s1. The van der Waals surface area contributed by atoms with Crippen LogP contribution in [0.2, 0.25) is 0 Å². The molecule has 1 aromatic heterocycles. The molecule has 1 saturated heterocycles. The minimum Gasteiger partial charge on any atom is -0.394 e. The zero-order valence-corrected chi connectivity index (χ0v) is 9.66. The topological polar surface area (TPSA) is 174 Å². The van der Waals surface area contributed by atoms with Crippen molar-refractivity contribution in [2.75, 3.05) is 17.7 Å². The quantitative estimate of drug-likeness (QED) is 0.297. The number of H-pyrrole nitrogens is 2. The summed E-state index contributed by atoms with van der Waals surface area (Å²) in [5.74, 6) is -0.136. The molecule has 10 nitrogen and oxygen atoms in total. The van der Waals surface area contributed by atoms with E-state index in [2.05, 4.69) is 10.3 Å². The Hall–Kier alpha value is -1.88. The second kappa shape index (κ2) is 5.01. The summed E-state index contributed by atoms with van der Waals surface area (Å²) in [6, 6.07) is 0. The Kier molecular flexibility index (Phi) is 3.57. The number of hydrogen-bond acceptors (Lipinski definition) is 8. The maximum absolute atomic E-state index is 11.3. The van der Waals surface area contributed by atoms with Crippen LogP contribution in [-0.4, -0.2) is 56.4 Å². The van der Waals surface area contributed by atoms with Crippen LogP contribution in [0.1, 0.15) is 0 Å². The molecule has 19 heavy (non-hydrogen) atoms. The minimum atomic E-state index is -1.35. The first-order chi connectivity index (χ1) is 8.93. The third-order valence-corrected chi connectivity index (χ3v) is 2.81. The lowest BCUT2D eigenvalue weighted by molar-refractivity contribution is -0.0153. The van der Waals surface area contributed by atoms with Crippen molar-refractivity contribution < 1.29 is 20.1 Å². The molecule has 0 saturated carbocycles. The number of rotatable bonds is 3. The highest BCUT2D eigenvalue weighted by Crippen LogP contribution is 2.22. The number of nitrogens with two attached hydrogens (primary N) is 1. The number of ether oxygens (including phenoxy) is 1. The Morgan fingerprint density at radius 3 is 2.53 bits per heavy atom. The molecule has 106 valence electrons. The third-order valence-electron chi connectivity index (χ3n) is 2.81. The Morgan fingerprint density at radius 2 is 1.95 bits per heavy atom. The van der Waals surface area contributed by atoms with Gasteiger partial charge in [-0.15, -0.1) is 0 Å². The Morgan fingerprint density at radius 1 is 1.26 bits per heavy atom. The maximum atomic E-state index is 11.3. The number of aromatic amines is 2. The van der Waals surface area contributed by atoms with Gasteiger partial charge < -0.3 is 31.1 Å². The van der Waals surface area contributed by atoms with E-state index in [-0.39, 0.29) is 11.5 Å². The zero-order valence-electron chi connectivity index (χ0n) is 9.66. The molecule has 10 heteroatoms. The van der Waals surface area contributed by atoms with Crippen molar-refractivity contribution in [1.82, 2.24) is 9.97 Å². The first-order valence-electron chi connectivity index (χ1n) is 5.45. The number of aliphatic hydroxyl groups is 3. The Bertz CT molecular complexity index is 569. The summed E-state index contributed by atoms with van der Waals surface area (Å²) in [6.45, 7) is -0.488. The first-order valence-corrected chi connectivity index (χ1v) is 5.45. The van der Waals surface area contributed by atoms with E-state index in [0.717, 1.165) is 0 Å². The molecule has 0 spiro atoms. The molecule has 0 aromatic carbocycles. The van der Waals surface area contributed by atoms with Crippen LogP contribution in [-0.2, 0) is 4.74 Å². The van der Waals surface area contributed by atoms with Crippen LogP contribution in [0.5, 0.6) is 0 Å². The lowest BCUT2D eigenvalue weighted by atomic mass is 10.1. The summed E-state index contributed by atoms with van der Waals surface area (Å²) in [5.41, 5.74) is 3.58. The summed E-state index contributed by atoms with van der Waals surface area (Å²) in [6.07, 6.45) is -4.73. The summed E-state index contributed by atoms with van der Waals surface area (Å²) in [5, 5.41) is 30.6. The van der Waals surface area contributed by atoms with Gasteiger partial charge >= 0.3 is 5.69 Å². The fourth-order valence-electron chi connectivity index (χ4n) is 1.77. The van der Waals surface area contributed by atoms with E-state index in [4.69, 9.17) is 15.6 Å². The van der Waals surface area contributed by atoms with Crippen molar-refractivity contribution in [2.45, 2.75) is 24.5 Å². The average molecular weight is 274 g/mol. The molecule has 0 amide bonds. The fourth-order valence-corrected chi connectivity index (χ4v) is 1.77. The van der Waals surface area contributed by atoms with Gasteiger partial charge in [0.25, 0.3) is 5.56 Å². The minimum absolute atomic E-state index is 0.136. The second-order valence-electron chi connectivity index (χ2n) is 4.10. The van der Waals surface area contributed by atoms with E-state index in [1.54, 1.807) is 0 Å². The van der Waals surface area contributed by atoms with Gasteiger partial charge in [-0.25, -0.2) is 4.79 Å². The predicted octanol–water partition coefficient (Wildman–Crippen LogP) is -3.50. The molecule has 8 N–H and O–H groups in total. The number of aliphatic hydroxyl groups excluding tert-OH is 3. The van der Waals surface area contributed by atoms with Crippen molar-refractivity contribution in [1.29, 1.82) is 0 Å². The molecule has 1 aliphatic heterocycles. The van der Waals surface area contributed by atoms with E-state index < -0.39 is 42.4 Å². The molecular weight excluding hydrogens is 260 g/mol. The Labute approximate surface area is 105 Å². The fraction of sp³-hybridized carbons (Fsp3) is 0.556. The van der Waals surface area contributed by atoms with Gasteiger partial charge in [-0.1, -0.05) is 0 Å². The van der Waals surface area contributed by atoms with Crippen LogP contribution in [0.3, 0.4) is 0 Å². The molecule has 1 aliphatic rings. The van der Waals surface area contributed by atoms with Crippen LogP contribution in [0.15, 0.2) is 9.59 Å². The van der Waals surface area contributed by atoms with Crippen molar-refractivity contribution in [3.8, 4) is 0 Å². The van der Waals surface area contributed by atoms with E-state index in [0.29, 0.717) is 0 Å². The number of aromatic nitrogens is 2. The van der Waals surface area contributed by atoms with Gasteiger partial charge in [-0.3, -0.25) is 14.8 Å². The summed E-state index contributed by atoms with van der Waals surface area (Å²) >= 11 is 0. The highest BCUT2D eigenvalue weighted by molar-refractivity contribution is 5.59. The van der Waals surface area contributed by atoms with Crippen LogP contribution >= 0.6 is 0 Å². The smallest absolute Gasteiger partial charge is 0.327 e. The van der Waals surface area contributed by atoms with E-state index >= 15 is 0 Å². The van der Waals surface area contributed by atoms with Crippen molar-refractivity contribution >= 4 is 11.5 Å². The molecule has 0 aliphatic carbocycles. The highest BCUT2D eigenvalue weighted by Gasteiger charge is 2.42. The third kappa shape index (κ3) is 2.46. The van der Waals surface area contributed by atoms with Crippen molar-refractivity contribution in [3.05, 3.63) is 20.8 Å². The zero-order chi connectivity index (χ0) is 14.2. The van der Waals surface area contributed by atoms with Gasteiger partial charge in [0.2, 0.25) is 0 Å². The summed E-state index contributed by atoms with van der Waals surface area (Å²) in [7, 11) is 0. The van der Waals surface area contributed by atoms with Crippen LogP contribution in [0, 0.1) is 0 Å². The SMILES string of the molecule is Nc1c(NC2O[C@H](CO)[C@@H](O)[C@H]2O)[nH]c(=O)[nH]c1=O. The number of hydrogen-bond donors (Lipinski definition) is 7. The predicted molar refractivity (Wildman–Crippen MR) is 63.5 cm³/mol. The van der Waals surface area contributed by atoms with Gasteiger partial charge in [-0.2, -0.15) is 0 Å². The van der Waals surface area contributed by atoms with E-state index in [1.165, 1.54) is 0 Å². The van der Waals surface area contributed by atoms with Crippen molar-refractivity contribution in [3.63, 3.8) is 0 Å². The lowest BCUT2D eigenvalue weighted by Gasteiger charge is -2.17. The number of nitrogen functional groups attached to an aromatic ring is 1. The molecule has 1 fully saturated rings. The number of anilines is 2. The molecule has 2 rings (SSSR count). The lowest BCUT2D eigenvalue weighted by Crippen LogP contribution is -2.38.